The Morgan fingerprint density at radius 2 is 1.80 bits per heavy atom. The van der Waals surface area contributed by atoms with Crippen LogP contribution in [0.1, 0.15) is 11.3 Å². The molecule has 0 N–H and O–H groups in total. The quantitative estimate of drug-likeness (QED) is 0.444. The summed E-state index contributed by atoms with van der Waals surface area (Å²) in [6.07, 6.45) is 4.18. The van der Waals surface area contributed by atoms with Crippen LogP contribution in [0.3, 0.4) is 0 Å². The Hall–Kier alpha value is -0.920. The molecule has 2 heteroatoms. The molecule has 0 radical (unpaired) electrons. The molecule has 1 aromatic heterocycles. The third kappa shape index (κ3) is 1.15. The molecular weight excluding hydrogens is 124 g/mol. The van der Waals surface area contributed by atoms with Crippen LogP contribution in [0.4, 0.5) is 0 Å². The highest BCUT2D eigenvalue weighted by Gasteiger charge is 2.09. The standard InChI is InChI=1S/C8H14N2/c1-7-5-9(3)6-10(4)8(7)2/h5-6H,1-4H3/q+2. The van der Waals surface area contributed by atoms with Crippen LogP contribution in [-0.4, -0.2) is 0 Å². The lowest BCUT2D eigenvalue weighted by molar-refractivity contribution is -0.808. The van der Waals surface area contributed by atoms with Gasteiger partial charge in [0.15, 0.2) is 11.9 Å². The van der Waals surface area contributed by atoms with Crippen LogP contribution >= 0.6 is 0 Å². The highest BCUT2D eigenvalue weighted by Crippen LogP contribution is 1.92. The molecule has 1 aromatic rings. The number of rotatable bonds is 0. The van der Waals surface area contributed by atoms with E-state index in [2.05, 4.69) is 42.6 Å². The smallest absolute Gasteiger partial charge is 0.152 e. The average molecular weight is 138 g/mol. The minimum Gasteiger partial charge on any atom is -0.152 e. The van der Waals surface area contributed by atoms with E-state index in [1.807, 2.05) is 7.05 Å². The van der Waals surface area contributed by atoms with E-state index in [-0.39, 0.29) is 0 Å². The molecule has 0 aliphatic heterocycles. The number of hydrogen-bond acceptors (Lipinski definition) is 0. The zero-order valence-electron chi connectivity index (χ0n) is 7.05. The van der Waals surface area contributed by atoms with Crippen molar-refractivity contribution in [2.24, 2.45) is 14.1 Å². The fraction of sp³-hybridized carbons (Fsp3) is 0.500. The van der Waals surface area contributed by atoms with Gasteiger partial charge in [0.05, 0.1) is 5.56 Å². The van der Waals surface area contributed by atoms with E-state index in [0.29, 0.717) is 0 Å². The van der Waals surface area contributed by atoms with Crippen LogP contribution in [-0.2, 0) is 14.1 Å². The van der Waals surface area contributed by atoms with Gasteiger partial charge in [0.1, 0.15) is 14.1 Å². The van der Waals surface area contributed by atoms with Crippen molar-refractivity contribution in [2.45, 2.75) is 13.8 Å². The Kier molecular flexibility index (Phi) is 1.70. The van der Waals surface area contributed by atoms with E-state index < -0.39 is 0 Å². The number of nitrogens with zero attached hydrogens (tertiary/aromatic N) is 2. The maximum atomic E-state index is 2.12. The monoisotopic (exact) mass is 138 g/mol. The van der Waals surface area contributed by atoms with Crippen molar-refractivity contribution in [3.63, 3.8) is 0 Å². The molecule has 0 aromatic carbocycles. The van der Waals surface area contributed by atoms with E-state index in [1.54, 1.807) is 0 Å². The molecule has 54 valence electrons. The van der Waals surface area contributed by atoms with Crippen molar-refractivity contribution in [3.8, 4) is 0 Å². The number of aromatic nitrogens is 2. The summed E-state index contributed by atoms with van der Waals surface area (Å²) in [5, 5.41) is 0. The summed E-state index contributed by atoms with van der Waals surface area (Å²) in [4.78, 5) is 0. The molecule has 0 spiro atoms. The molecular formula is C8H14N2+2. The topological polar surface area (TPSA) is 7.76 Å². The van der Waals surface area contributed by atoms with E-state index in [0.717, 1.165) is 0 Å². The van der Waals surface area contributed by atoms with Crippen molar-refractivity contribution >= 4 is 0 Å². The fourth-order valence-electron chi connectivity index (χ4n) is 1.07. The summed E-state index contributed by atoms with van der Waals surface area (Å²) < 4.78 is 4.18. The minimum absolute atomic E-state index is 1.32. The van der Waals surface area contributed by atoms with Gasteiger partial charge in [0.2, 0.25) is 0 Å². The molecule has 0 amide bonds. The first-order valence-electron chi connectivity index (χ1n) is 3.43. The first-order valence-corrected chi connectivity index (χ1v) is 3.43. The summed E-state index contributed by atoms with van der Waals surface area (Å²) in [7, 11) is 4.09. The Morgan fingerprint density at radius 3 is 2.30 bits per heavy atom. The number of aryl methyl sites for hydroxylation is 3. The second-order valence-corrected chi connectivity index (χ2v) is 2.79. The summed E-state index contributed by atoms with van der Waals surface area (Å²) in [6, 6.07) is 0. The molecule has 0 atom stereocenters. The maximum Gasteiger partial charge on any atom is 0.406 e. The minimum atomic E-state index is 1.32. The Labute approximate surface area is 61.8 Å². The van der Waals surface area contributed by atoms with E-state index in [4.69, 9.17) is 0 Å². The van der Waals surface area contributed by atoms with Gasteiger partial charge < -0.3 is 0 Å². The molecule has 0 bridgehead atoms. The third-order valence-corrected chi connectivity index (χ3v) is 1.85. The maximum absolute atomic E-state index is 2.12. The van der Waals surface area contributed by atoms with Crippen LogP contribution in [0.15, 0.2) is 12.5 Å². The highest BCUT2D eigenvalue weighted by molar-refractivity contribution is 5.04. The van der Waals surface area contributed by atoms with Crippen molar-refractivity contribution in [3.05, 3.63) is 23.8 Å². The second kappa shape index (κ2) is 2.37. The van der Waals surface area contributed by atoms with Crippen LogP contribution in [0.2, 0.25) is 0 Å². The van der Waals surface area contributed by atoms with Gasteiger partial charge in [0.25, 0.3) is 0 Å². The molecule has 0 aliphatic rings. The van der Waals surface area contributed by atoms with Crippen LogP contribution in [0.5, 0.6) is 0 Å². The molecule has 0 saturated heterocycles. The Morgan fingerprint density at radius 1 is 1.20 bits per heavy atom. The lowest BCUT2D eigenvalue weighted by Gasteiger charge is -1.93. The van der Waals surface area contributed by atoms with Gasteiger partial charge in [-0.25, -0.2) is 0 Å². The Balaban J connectivity index is 3.31. The largest absolute Gasteiger partial charge is 0.406 e. The zero-order chi connectivity index (χ0) is 7.72. The predicted octanol–water partition coefficient (Wildman–Crippen LogP) is -0.0476. The molecule has 1 rings (SSSR count). The second-order valence-electron chi connectivity index (χ2n) is 2.79. The lowest BCUT2D eigenvalue weighted by Crippen LogP contribution is -2.44. The average Bonchev–Trinajstić information content (AvgIpc) is 1.82. The first kappa shape index (κ1) is 7.19. The van der Waals surface area contributed by atoms with Gasteiger partial charge in [-0.3, -0.25) is 0 Å². The van der Waals surface area contributed by atoms with E-state index in [1.165, 1.54) is 11.3 Å². The predicted molar refractivity (Wildman–Crippen MR) is 38.3 cm³/mol. The third-order valence-electron chi connectivity index (χ3n) is 1.85. The lowest BCUT2D eigenvalue weighted by atomic mass is 10.3. The highest BCUT2D eigenvalue weighted by atomic mass is 15.1. The van der Waals surface area contributed by atoms with Gasteiger partial charge in [-0.15, -0.1) is 4.57 Å². The van der Waals surface area contributed by atoms with Crippen molar-refractivity contribution in [1.29, 1.82) is 0 Å². The van der Waals surface area contributed by atoms with Gasteiger partial charge in [0, 0.05) is 6.92 Å². The molecule has 2 nitrogen and oxygen atoms in total. The van der Waals surface area contributed by atoms with Crippen LogP contribution in [0, 0.1) is 13.8 Å². The van der Waals surface area contributed by atoms with Crippen molar-refractivity contribution in [2.75, 3.05) is 0 Å². The summed E-state index contributed by atoms with van der Waals surface area (Å²) >= 11 is 0. The fourth-order valence-corrected chi connectivity index (χ4v) is 1.07. The normalized spacial score (nSPS) is 10.0. The van der Waals surface area contributed by atoms with Crippen LogP contribution < -0.4 is 9.13 Å². The van der Waals surface area contributed by atoms with E-state index >= 15 is 0 Å². The molecule has 0 fully saturated rings. The van der Waals surface area contributed by atoms with Crippen molar-refractivity contribution in [1.82, 2.24) is 0 Å². The molecule has 10 heavy (non-hydrogen) atoms. The van der Waals surface area contributed by atoms with Crippen molar-refractivity contribution < 1.29 is 9.13 Å². The van der Waals surface area contributed by atoms with Gasteiger partial charge in [-0.05, 0) is 6.92 Å². The molecule has 1 heterocycles. The Bertz CT molecular complexity index is 230. The van der Waals surface area contributed by atoms with Crippen LogP contribution in [0.25, 0.3) is 0 Å². The SMILES string of the molecule is Cc1c[n+](C)c[n+](C)c1C. The van der Waals surface area contributed by atoms with E-state index in [9.17, 15) is 0 Å². The van der Waals surface area contributed by atoms with Gasteiger partial charge in [-0.2, -0.15) is 4.57 Å². The first-order chi connectivity index (χ1) is 4.61. The number of hydrogen-bond donors (Lipinski definition) is 0. The summed E-state index contributed by atoms with van der Waals surface area (Å²) in [5.74, 6) is 0. The molecule has 0 aliphatic carbocycles. The summed E-state index contributed by atoms with van der Waals surface area (Å²) in [6.45, 7) is 4.24. The van der Waals surface area contributed by atoms with Gasteiger partial charge in [-0.1, -0.05) is 0 Å². The van der Waals surface area contributed by atoms with Gasteiger partial charge >= 0.3 is 6.33 Å². The molecule has 0 unspecified atom stereocenters. The molecule has 0 saturated carbocycles. The zero-order valence-corrected chi connectivity index (χ0v) is 7.05. The summed E-state index contributed by atoms with van der Waals surface area (Å²) in [5.41, 5.74) is 2.64.